The molecule has 0 unspecified atom stereocenters. The van der Waals surface area contributed by atoms with Gasteiger partial charge in [0, 0.05) is 14.5 Å². The third-order valence-electron chi connectivity index (χ3n) is 4.03. The maximum atomic E-state index is 4.77. The van der Waals surface area contributed by atoms with Crippen molar-refractivity contribution in [3.05, 3.63) is 67.4 Å². The van der Waals surface area contributed by atoms with Crippen LogP contribution in [0.25, 0.3) is 32.6 Å². The van der Waals surface area contributed by atoms with Gasteiger partial charge in [-0.2, -0.15) is 19.5 Å². The van der Waals surface area contributed by atoms with E-state index in [-0.39, 0.29) is 0 Å². The highest BCUT2D eigenvalue weighted by Crippen LogP contribution is 2.31. The van der Waals surface area contributed by atoms with Crippen molar-refractivity contribution in [1.82, 2.24) is 29.6 Å². The Morgan fingerprint density at radius 2 is 1.57 bits per heavy atom. The fourth-order valence-corrected chi connectivity index (χ4v) is 4.99. The molecule has 5 rings (SSSR count). The third kappa shape index (κ3) is 3.31. The maximum Gasteiger partial charge on any atom is 0.214 e. The topological polar surface area (TPSA) is 60.9 Å². The number of rotatable bonds is 3. The molecule has 28 heavy (non-hydrogen) atoms. The predicted octanol–water partition coefficient (Wildman–Crippen LogP) is 5.84. The third-order valence-corrected chi connectivity index (χ3v) is 6.99. The second kappa shape index (κ2) is 7.32. The normalized spacial score (nSPS) is 11.4. The smallest absolute Gasteiger partial charge is 0.214 e. The first kappa shape index (κ1) is 18.4. The molecule has 0 saturated carbocycles. The van der Waals surface area contributed by atoms with Gasteiger partial charge in [0.15, 0.2) is 5.01 Å². The van der Waals surface area contributed by atoms with Gasteiger partial charge in [0.1, 0.15) is 15.1 Å². The minimum absolute atomic E-state index is 0.722. The number of fused-ring (bicyclic) bond motifs is 1. The molecule has 0 bridgehead atoms. The SMILES string of the molecule is Brc1ccc(-c2nc3sc(-c4cnn(-c5ccc(Br)cc5)n4)nn3c2I)cc1. The summed E-state index contributed by atoms with van der Waals surface area (Å²) in [5.74, 6) is 0. The van der Waals surface area contributed by atoms with Crippen LogP contribution < -0.4 is 0 Å². The van der Waals surface area contributed by atoms with Crippen molar-refractivity contribution < 1.29 is 0 Å². The Labute approximate surface area is 194 Å². The molecule has 0 amide bonds. The molecule has 6 nitrogen and oxygen atoms in total. The Morgan fingerprint density at radius 3 is 2.25 bits per heavy atom. The Balaban J connectivity index is 1.51. The number of hydrogen-bond donors (Lipinski definition) is 0. The lowest BCUT2D eigenvalue weighted by Gasteiger charge is -1.98. The molecule has 3 heterocycles. The fraction of sp³-hybridized carbons (Fsp3) is 0. The van der Waals surface area contributed by atoms with Gasteiger partial charge in [-0.1, -0.05) is 55.3 Å². The molecule has 10 heteroatoms. The molecular formula is C18H9Br2IN6S. The Hall–Kier alpha value is -1.63. The van der Waals surface area contributed by atoms with Crippen LogP contribution in [0.3, 0.4) is 0 Å². The van der Waals surface area contributed by atoms with Crippen molar-refractivity contribution in [1.29, 1.82) is 0 Å². The van der Waals surface area contributed by atoms with Crippen LogP contribution in [0.15, 0.2) is 63.7 Å². The average molecular weight is 628 g/mol. The van der Waals surface area contributed by atoms with E-state index in [0.29, 0.717) is 0 Å². The summed E-state index contributed by atoms with van der Waals surface area (Å²) in [6.07, 6.45) is 1.73. The summed E-state index contributed by atoms with van der Waals surface area (Å²) in [6.45, 7) is 0. The van der Waals surface area contributed by atoms with Gasteiger partial charge in [-0.25, -0.2) is 4.98 Å². The van der Waals surface area contributed by atoms with Crippen molar-refractivity contribution >= 4 is 70.7 Å². The van der Waals surface area contributed by atoms with Crippen LogP contribution in [0.1, 0.15) is 0 Å². The second-order valence-corrected chi connectivity index (χ2v) is 9.66. The number of halogens is 3. The summed E-state index contributed by atoms with van der Waals surface area (Å²) >= 11 is 10.7. The summed E-state index contributed by atoms with van der Waals surface area (Å²) in [6, 6.07) is 15.9. The van der Waals surface area contributed by atoms with Gasteiger partial charge in [-0.3, -0.25) is 0 Å². The van der Waals surface area contributed by atoms with E-state index in [1.165, 1.54) is 11.3 Å². The molecule has 5 aromatic rings. The lowest BCUT2D eigenvalue weighted by molar-refractivity contribution is 0.753. The van der Waals surface area contributed by atoms with Crippen LogP contribution >= 0.6 is 65.8 Å². The molecule has 0 N–H and O–H groups in total. The number of benzene rings is 2. The van der Waals surface area contributed by atoms with Crippen molar-refractivity contribution in [3.63, 3.8) is 0 Å². The summed E-state index contributed by atoms with van der Waals surface area (Å²) in [5.41, 5.74) is 3.60. The molecule has 0 aliphatic rings. The first-order valence-corrected chi connectivity index (χ1v) is 11.6. The lowest BCUT2D eigenvalue weighted by Crippen LogP contribution is -1.98. The maximum absolute atomic E-state index is 4.77. The first-order valence-electron chi connectivity index (χ1n) is 8.08. The van der Waals surface area contributed by atoms with Crippen LogP contribution in [0, 0.1) is 3.70 Å². The van der Waals surface area contributed by atoms with Crippen LogP contribution in [-0.2, 0) is 0 Å². The molecule has 0 saturated heterocycles. The molecule has 0 spiro atoms. The van der Waals surface area contributed by atoms with Gasteiger partial charge in [0.05, 0.1) is 11.9 Å². The molecular weight excluding hydrogens is 619 g/mol. The lowest BCUT2D eigenvalue weighted by atomic mass is 10.2. The Morgan fingerprint density at radius 1 is 0.893 bits per heavy atom. The van der Waals surface area contributed by atoms with E-state index in [2.05, 4.69) is 64.6 Å². The van der Waals surface area contributed by atoms with E-state index in [4.69, 9.17) is 10.1 Å². The van der Waals surface area contributed by atoms with Crippen molar-refractivity contribution in [3.8, 4) is 27.6 Å². The minimum atomic E-state index is 0.722. The molecule has 0 aliphatic heterocycles. The van der Waals surface area contributed by atoms with Gasteiger partial charge in [-0.05, 0) is 59.0 Å². The van der Waals surface area contributed by atoms with E-state index < -0.39 is 0 Å². The molecule has 0 atom stereocenters. The molecule has 0 fully saturated rings. The minimum Gasteiger partial charge on any atom is -0.216 e. The predicted molar refractivity (Wildman–Crippen MR) is 125 cm³/mol. The van der Waals surface area contributed by atoms with Crippen molar-refractivity contribution in [2.45, 2.75) is 0 Å². The van der Waals surface area contributed by atoms with Crippen molar-refractivity contribution in [2.24, 2.45) is 0 Å². The summed E-state index contributed by atoms with van der Waals surface area (Å²) < 4.78 is 4.89. The zero-order valence-electron chi connectivity index (χ0n) is 13.9. The molecule has 138 valence electrons. The zero-order chi connectivity index (χ0) is 19.3. The molecule has 3 aromatic heterocycles. The standard InChI is InChI=1S/C18H9Br2IN6S/c19-11-3-1-10(2-4-11)15-16(21)26-18(23-15)28-17(25-26)14-9-22-27(24-14)13-7-5-12(20)6-8-13/h1-9H. The monoisotopic (exact) mass is 626 g/mol. The fourth-order valence-electron chi connectivity index (χ4n) is 2.68. The quantitative estimate of drug-likeness (QED) is 0.236. The largest absolute Gasteiger partial charge is 0.216 e. The van der Waals surface area contributed by atoms with Crippen molar-refractivity contribution in [2.75, 3.05) is 0 Å². The first-order chi connectivity index (χ1) is 13.6. The zero-order valence-corrected chi connectivity index (χ0v) is 20.1. The van der Waals surface area contributed by atoms with Crippen LogP contribution in [0.5, 0.6) is 0 Å². The Kier molecular flexibility index (Phi) is 4.81. The van der Waals surface area contributed by atoms with Gasteiger partial charge in [0.25, 0.3) is 0 Å². The van der Waals surface area contributed by atoms with E-state index in [0.717, 1.165) is 45.3 Å². The van der Waals surface area contributed by atoms with E-state index in [9.17, 15) is 0 Å². The van der Waals surface area contributed by atoms with E-state index >= 15 is 0 Å². The summed E-state index contributed by atoms with van der Waals surface area (Å²) in [5, 5.41) is 14.4. The number of aromatic nitrogens is 6. The van der Waals surface area contributed by atoms with Gasteiger partial charge in [-0.15, -0.1) is 5.10 Å². The number of imidazole rings is 1. The Bertz CT molecular complexity index is 1290. The number of hydrogen-bond acceptors (Lipinski definition) is 5. The van der Waals surface area contributed by atoms with Gasteiger partial charge < -0.3 is 0 Å². The summed E-state index contributed by atoms with van der Waals surface area (Å²) in [4.78, 5) is 7.20. The van der Waals surface area contributed by atoms with Crippen LogP contribution in [-0.4, -0.2) is 29.6 Å². The van der Waals surface area contributed by atoms with E-state index in [1.54, 1.807) is 11.0 Å². The van der Waals surface area contributed by atoms with Gasteiger partial charge in [0.2, 0.25) is 4.96 Å². The molecule has 0 radical (unpaired) electrons. The van der Waals surface area contributed by atoms with Gasteiger partial charge >= 0.3 is 0 Å². The van der Waals surface area contributed by atoms with Crippen LogP contribution in [0.2, 0.25) is 0 Å². The molecule has 0 aliphatic carbocycles. The number of nitrogens with zero attached hydrogens (tertiary/aromatic N) is 6. The van der Waals surface area contributed by atoms with Crippen LogP contribution in [0.4, 0.5) is 0 Å². The highest BCUT2D eigenvalue weighted by molar-refractivity contribution is 14.1. The highest BCUT2D eigenvalue weighted by atomic mass is 127. The average Bonchev–Trinajstić information content (AvgIpc) is 3.40. The molecule has 2 aromatic carbocycles. The second-order valence-electron chi connectivity index (χ2n) is 5.86. The summed E-state index contributed by atoms with van der Waals surface area (Å²) in [7, 11) is 0. The highest BCUT2D eigenvalue weighted by Gasteiger charge is 2.18. The van der Waals surface area contributed by atoms with E-state index in [1.807, 2.05) is 53.0 Å².